The first-order valence-electron chi connectivity index (χ1n) is 8.94. The molecule has 5 nitrogen and oxygen atoms in total. The fourth-order valence-electron chi connectivity index (χ4n) is 2.95. The number of halogens is 4. The summed E-state index contributed by atoms with van der Waals surface area (Å²) >= 11 is 0. The number of oxazole rings is 1. The van der Waals surface area contributed by atoms with Gasteiger partial charge in [0.25, 0.3) is 0 Å². The molecule has 1 unspecified atom stereocenters. The molecule has 0 aliphatic carbocycles. The second-order valence-electron chi connectivity index (χ2n) is 6.77. The van der Waals surface area contributed by atoms with Crippen LogP contribution >= 0.6 is 0 Å². The topological polar surface area (TPSA) is 65.1 Å². The normalized spacial score (nSPS) is 12.6. The predicted octanol–water partition coefficient (Wildman–Crippen LogP) is 5.09. The largest absolute Gasteiger partial charge is 0.419 e. The van der Waals surface area contributed by atoms with Crippen molar-refractivity contribution in [3.63, 3.8) is 0 Å². The van der Waals surface area contributed by atoms with Crippen molar-refractivity contribution in [2.45, 2.75) is 12.2 Å². The van der Waals surface area contributed by atoms with E-state index in [2.05, 4.69) is 10.3 Å². The van der Waals surface area contributed by atoms with Crippen LogP contribution in [-0.4, -0.2) is 30.5 Å². The van der Waals surface area contributed by atoms with Crippen molar-refractivity contribution in [3.8, 4) is 17.5 Å². The molecule has 0 saturated carbocycles. The predicted molar refractivity (Wildman–Crippen MR) is 103 cm³/mol. The highest BCUT2D eigenvalue weighted by atomic mass is 19.4. The Bertz CT molecular complexity index is 1050. The molecule has 0 spiro atoms. The molecule has 0 aliphatic heterocycles. The van der Waals surface area contributed by atoms with Crippen molar-refractivity contribution in [1.82, 2.24) is 9.88 Å². The van der Waals surface area contributed by atoms with Crippen molar-refractivity contribution in [2.75, 3.05) is 26.0 Å². The first-order chi connectivity index (χ1) is 14.2. The standard InChI is InChI=1S/C21H18F4N4O/c1-29(2)18(13-7-9-14(10-8-13)21(23,24)25)12-27-20-17(11-26)28-19(30-20)15-5-3-4-6-16(15)22/h3-10,18,27H,12H2,1-2H3. The summed E-state index contributed by atoms with van der Waals surface area (Å²) in [5.74, 6) is -0.511. The fourth-order valence-corrected chi connectivity index (χ4v) is 2.95. The van der Waals surface area contributed by atoms with Crippen molar-refractivity contribution in [1.29, 1.82) is 5.26 Å². The summed E-state index contributed by atoms with van der Waals surface area (Å²) in [7, 11) is 3.56. The van der Waals surface area contributed by atoms with Crippen LogP contribution in [0.25, 0.3) is 11.5 Å². The van der Waals surface area contributed by atoms with Crippen LogP contribution in [0.2, 0.25) is 0 Å². The molecule has 0 fully saturated rings. The average Bonchev–Trinajstić information content (AvgIpc) is 3.11. The highest BCUT2D eigenvalue weighted by molar-refractivity contribution is 5.59. The first kappa shape index (κ1) is 21.3. The van der Waals surface area contributed by atoms with E-state index in [0.717, 1.165) is 12.1 Å². The minimum Gasteiger partial charge on any atom is -0.419 e. The van der Waals surface area contributed by atoms with E-state index in [9.17, 15) is 22.8 Å². The maximum atomic E-state index is 14.0. The van der Waals surface area contributed by atoms with Crippen molar-refractivity contribution in [2.24, 2.45) is 0 Å². The number of rotatable bonds is 6. The number of nitrogens with one attached hydrogen (secondary N) is 1. The van der Waals surface area contributed by atoms with Gasteiger partial charge in [-0.1, -0.05) is 24.3 Å². The van der Waals surface area contributed by atoms with Crippen LogP contribution in [0, 0.1) is 17.1 Å². The summed E-state index contributed by atoms with van der Waals surface area (Å²) in [6.07, 6.45) is -4.41. The van der Waals surface area contributed by atoms with E-state index in [0.29, 0.717) is 5.56 Å². The van der Waals surface area contributed by atoms with E-state index in [1.807, 2.05) is 11.0 Å². The van der Waals surface area contributed by atoms with Crippen LogP contribution in [0.5, 0.6) is 0 Å². The number of likely N-dealkylation sites (N-methyl/N-ethyl adjacent to an activating group) is 1. The molecule has 3 aromatic rings. The van der Waals surface area contributed by atoms with Gasteiger partial charge in [0, 0.05) is 6.54 Å². The highest BCUT2D eigenvalue weighted by Crippen LogP contribution is 2.31. The lowest BCUT2D eigenvalue weighted by Crippen LogP contribution is -2.27. The minimum atomic E-state index is -4.41. The molecule has 0 bridgehead atoms. The van der Waals surface area contributed by atoms with Gasteiger partial charge in [-0.3, -0.25) is 0 Å². The second kappa shape index (κ2) is 8.55. The lowest BCUT2D eigenvalue weighted by atomic mass is 10.0. The van der Waals surface area contributed by atoms with Crippen LogP contribution in [-0.2, 0) is 6.18 Å². The Hall–Kier alpha value is -3.38. The van der Waals surface area contributed by atoms with E-state index in [4.69, 9.17) is 4.42 Å². The van der Waals surface area contributed by atoms with Gasteiger partial charge in [-0.2, -0.15) is 23.4 Å². The second-order valence-corrected chi connectivity index (χ2v) is 6.77. The minimum absolute atomic E-state index is 0.0388. The summed E-state index contributed by atoms with van der Waals surface area (Å²) in [6, 6.07) is 12.3. The van der Waals surface area contributed by atoms with Crippen LogP contribution in [0.15, 0.2) is 52.9 Å². The smallest absolute Gasteiger partial charge is 0.416 e. The molecule has 1 N–H and O–H groups in total. The van der Waals surface area contributed by atoms with Gasteiger partial charge in [0.2, 0.25) is 17.5 Å². The SMILES string of the molecule is CN(C)C(CNc1oc(-c2ccccc2F)nc1C#N)c1ccc(C(F)(F)F)cc1. The zero-order chi connectivity index (χ0) is 21.9. The molecule has 1 aromatic heterocycles. The Balaban J connectivity index is 1.82. The van der Waals surface area contributed by atoms with Gasteiger partial charge < -0.3 is 14.6 Å². The Morgan fingerprint density at radius 1 is 1.13 bits per heavy atom. The molecule has 1 heterocycles. The Labute approximate surface area is 170 Å². The Kier molecular flexibility index (Phi) is 6.08. The average molecular weight is 418 g/mol. The van der Waals surface area contributed by atoms with Crippen LogP contribution in [0.1, 0.15) is 22.9 Å². The number of nitriles is 1. The van der Waals surface area contributed by atoms with E-state index in [-0.39, 0.29) is 35.6 Å². The molecular formula is C21H18F4N4O. The molecule has 0 radical (unpaired) electrons. The lowest BCUT2D eigenvalue weighted by Gasteiger charge is -2.25. The van der Waals surface area contributed by atoms with Crippen LogP contribution < -0.4 is 5.32 Å². The van der Waals surface area contributed by atoms with Gasteiger partial charge in [0.05, 0.1) is 17.2 Å². The number of alkyl halides is 3. The summed E-state index contributed by atoms with van der Waals surface area (Å²) in [6.45, 7) is 0.221. The van der Waals surface area contributed by atoms with E-state index in [1.165, 1.54) is 30.3 Å². The maximum absolute atomic E-state index is 14.0. The van der Waals surface area contributed by atoms with Crippen molar-refractivity contribution in [3.05, 3.63) is 71.2 Å². The number of nitrogens with zero attached hydrogens (tertiary/aromatic N) is 3. The molecule has 2 aromatic carbocycles. The summed E-state index contributed by atoms with van der Waals surface area (Å²) in [5, 5.41) is 12.3. The van der Waals surface area contributed by atoms with Gasteiger partial charge in [-0.15, -0.1) is 0 Å². The molecule has 0 saturated heterocycles. The highest BCUT2D eigenvalue weighted by Gasteiger charge is 2.30. The summed E-state index contributed by atoms with van der Waals surface area (Å²) < 4.78 is 57.9. The van der Waals surface area contributed by atoms with Gasteiger partial charge in [0.1, 0.15) is 11.9 Å². The lowest BCUT2D eigenvalue weighted by molar-refractivity contribution is -0.137. The maximum Gasteiger partial charge on any atom is 0.416 e. The number of hydrogen-bond donors (Lipinski definition) is 1. The van der Waals surface area contributed by atoms with E-state index < -0.39 is 17.6 Å². The van der Waals surface area contributed by atoms with Crippen LogP contribution in [0.4, 0.5) is 23.4 Å². The monoisotopic (exact) mass is 418 g/mol. The summed E-state index contributed by atoms with van der Waals surface area (Å²) in [5.41, 5.74) is -0.00627. The molecular weight excluding hydrogens is 400 g/mol. The van der Waals surface area contributed by atoms with E-state index in [1.54, 1.807) is 20.2 Å². The molecule has 1 atom stereocenters. The van der Waals surface area contributed by atoms with E-state index >= 15 is 0 Å². The summed E-state index contributed by atoms with van der Waals surface area (Å²) in [4.78, 5) is 5.84. The van der Waals surface area contributed by atoms with Gasteiger partial charge in [0.15, 0.2) is 0 Å². The number of aromatic nitrogens is 1. The van der Waals surface area contributed by atoms with Gasteiger partial charge in [-0.25, -0.2) is 4.39 Å². The zero-order valence-electron chi connectivity index (χ0n) is 16.2. The third-order valence-electron chi connectivity index (χ3n) is 4.54. The molecule has 9 heteroatoms. The number of hydrogen-bond acceptors (Lipinski definition) is 5. The van der Waals surface area contributed by atoms with Gasteiger partial charge in [-0.05, 0) is 43.9 Å². The molecule has 0 aliphatic rings. The Morgan fingerprint density at radius 3 is 2.37 bits per heavy atom. The number of benzene rings is 2. The zero-order valence-corrected chi connectivity index (χ0v) is 16.2. The molecule has 0 amide bonds. The van der Waals surface area contributed by atoms with Crippen molar-refractivity contribution >= 4 is 5.88 Å². The van der Waals surface area contributed by atoms with Crippen LogP contribution in [0.3, 0.4) is 0 Å². The fraction of sp³-hybridized carbons (Fsp3) is 0.238. The third-order valence-corrected chi connectivity index (χ3v) is 4.54. The first-order valence-corrected chi connectivity index (χ1v) is 8.94. The Morgan fingerprint density at radius 2 is 1.80 bits per heavy atom. The molecule has 156 valence electrons. The molecule has 30 heavy (non-hydrogen) atoms. The van der Waals surface area contributed by atoms with Crippen molar-refractivity contribution < 1.29 is 22.0 Å². The quantitative estimate of drug-likeness (QED) is 0.565. The van der Waals surface area contributed by atoms with Gasteiger partial charge >= 0.3 is 6.18 Å². The number of anilines is 1. The molecule has 3 rings (SSSR count). The third kappa shape index (κ3) is 4.60.